The van der Waals surface area contributed by atoms with Gasteiger partial charge in [0.1, 0.15) is 11.4 Å². The third-order valence-electron chi connectivity index (χ3n) is 5.53. The smallest absolute Gasteiger partial charge is 0.418 e. The van der Waals surface area contributed by atoms with E-state index >= 15 is 0 Å². The molecule has 0 spiro atoms. The molecule has 10 nitrogen and oxygen atoms in total. The second-order valence-corrected chi connectivity index (χ2v) is 11.9. The molecule has 2 atom stereocenters. The molecule has 3 amide bonds. The van der Waals surface area contributed by atoms with E-state index in [-0.39, 0.29) is 30.3 Å². The third kappa shape index (κ3) is 7.81. The molecule has 2 rings (SSSR count). The van der Waals surface area contributed by atoms with E-state index in [4.69, 9.17) is 9.47 Å². The van der Waals surface area contributed by atoms with E-state index in [1.165, 1.54) is 31.4 Å². The SMILES string of the molecule is COc1ccc(S(=O)(=O)N(C(=O)N(CCC(C)C)C(=O)OC(C)(C)C)C2CCCNC[C@@H]2O)cc1. The fraction of sp³-hybridized carbons (Fsp3) is 0.667. The molecule has 198 valence electrons. The predicted octanol–water partition coefficient (Wildman–Crippen LogP) is 3.20. The van der Waals surface area contributed by atoms with Crippen LogP contribution < -0.4 is 10.1 Å². The highest BCUT2D eigenvalue weighted by Crippen LogP contribution is 2.27. The number of nitrogens with one attached hydrogen (secondary N) is 1. The Balaban J connectivity index is 2.58. The molecule has 0 radical (unpaired) electrons. The molecule has 2 N–H and O–H groups in total. The number of urea groups is 1. The van der Waals surface area contributed by atoms with Crippen molar-refractivity contribution < 1.29 is 32.6 Å². The summed E-state index contributed by atoms with van der Waals surface area (Å²) in [4.78, 5) is 27.6. The molecule has 1 aromatic rings. The Morgan fingerprint density at radius 1 is 1.20 bits per heavy atom. The molecule has 1 aliphatic heterocycles. The Hall–Kier alpha value is -2.37. The van der Waals surface area contributed by atoms with Crippen LogP contribution in [0, 0.1) is 5.92 Å². The Morgan fingerprint density at radius 3 is 2.37 bits per heavy atom. The quantitative estimate of drug-likeness (QED) is 0.569. The zero-order valence-electron chi connectivity index (χ0n) is 21.5. The van der Waals surface area contributed by atoms with Crippen molar-refractivity contribution in [2.45, 2.75) is 76.5 Å². The maximum Gasteiger partial charge on any atom is 0.418 e. The van der Waals surface area contributed by atoms with Crippen LogP contribution in [0.2, 0.25) is 0 Å². The van der Waals surface area contributed by atoms with Crippen molar-refractivity contribution in [3.63, 3.8) is 0 Å². The van der Waals surface area contributed by atoms with Crippen LogP contribution in [0.5, 0.6) is 5.75 Å². The number of benzene rings is 1. The lowest BCUT2D eigenvalue weighted by Gasteiger charge is -2.36. The predicted molar refractivity (Wildman–Crippen MR) is 132 cm³/mol. The van der Waals surface area contributed by atoms with Gasteiger partial charge in [0.05, 0.1) is 24.2 Å². The number of ether oxygens (including phenoxy) is 2. The number of rotatable bonds is 7. The number of β-amino-alcohol motifs (C(OH)–C–C–N with tert-alkyl or cyclic N) is 1. The molecule has 1 unspecified atom stereocenters. The van der Waals surface area contributed by atoms with Crippen LogP contribution in [0.25, 0.3) is 0 Å². The van der Waals surface area contributed by atoms with E-state index in [9.17, 15) is 23.1 Å². The lowest BCUT2D eigenvalue weighted by atomic mass is 10.1. The molecule has 1 fully saturated rings. The van der Waals surface area contributed by atoms with Crippen molar-refractivity contribution in [1.29, 1.82) is 0 Å². The van der Waals surface area contributed by atoms with E-state index in [0.29, 0.717) is 29.4 Å². The summed E-state index contributed by atoms with van der Waals surface area (Å²) in [6.07, 6.45) is -0.848. The molecular formula is C24H39N3O7S. The number of aliphatic hydroxyl groups is 1. The van der Waals surface area contributed by atoms with Crippen molar-refractivity contribution in [3.05, 3.63) is 24.3 Å². The number of methoxy groups -OCH3 is 1. The minimum absolute atomic E-state index is 0.0267. The first-order chi connectivity index (χ1) is 16.3. The molecule has 1 saturated heterocycles. The molecule has 0 aromatic heterocycles. The maximum absolute atomic E-state index is 13.9. The molecule has 1 aliphatic rings. The van der Waals surface area contributed by atoms with Gasteiger partial charge < -0.3 is 19.9 Å². The molecular weight excluding hydrogens is 474 g/mol. The van der Waals surface area contributed by atoms with Gasteiger partial charge >= 0.3 is 12.1 Å². The number of carbonyl (C=O) groups excluding carboxylic acids is 2. The molecule has 1 aromatic carbocycles. The summed E-state index contributed by atoms with van der Waals surface area (Å²) >= 11 is 0. The minimum Gasteiger partial charge on any atom is -0.497 e. The number of imide groups is 1. The van der Waals surface area contributed by atoms with Gasteiger partial charge in [0.25, 0.3) is 10.0 Å². The van der Waals surface area contributed by atoms with Gasteiger partial charge in [0, 0.05) is 13.1 Å². The van der Waals surface area contributed by atoms with Crippen LogP contribution in [-0.4, -0.2) is 79.3 Å². The zero-order chi connectivity index (χ0) is 26.4. The summed E-state index contributed by atoms with van der Waals surface area (Å²) in [7, 11) is -2.98. The highest BCUT2D eigenvalue weighted by Gasteiger charge is 2.44. The van der Waals surface area contributed by atoms with Crippen LogP contribution in [-0.2, 0) is 14.8 Å². The Labute approximate surface area is 208 Å². The Kier molecular flexibility index (Phi) is 9.94. The second-order valence-electron chi connectivity index (χ2n) is 10.1. The van der Waals surface area contributed by atoms with Crippen molar-refractivity contribution in [3.8, 4) is 5.75 Å². The van der Waals surface area contributed by atoms with Crippen LogP contribution in [0.1, 0.15) is 53.9 Å². The van der Waals surface area contributed by atoms with Gasteiger partial charge in [0.2, 0.25) is 0 Å². The van der Waals surface area contributed by atoms with Gasteiger partial charge in [-0.25, -0.2) is 27.2 Å². The average Bonchev–Trinajstić information content (AvgIpc) is 2.97. The van der Waals surface area contributed by atoms with Crippen LogP contribution in [0.15, 0.2) is 29.2 Å². The summed E-state index contributed by atoms with van der Waals surface area (Å²) in [5, 5.41) is 13.9. The van der Waals surface area contributed by atoms with Crippen LogP contribution >= 0.6 is 0 Å². The number of hydrogen-bond acceptors (Lipinski definition) is 8. The van der Waals surface area contributed by atoms with Gasteiger partial charge in [-0.2, -0.15) is 0 Å². The summed E-state index contributed by atoms with van der Waals surface area (Å²) < 4.78 is 38.9. The van der Waals surface area contributed by atoms with Crippen LogP contribution in [0.3, 0.4) is 0 Å². The van der Waals surface area contributed by atoms with Gasteiger partial charge in [0.15, 0.2) is 0 Å². The first-order valence-corrected chi connectivity index (χ1v) is 13.3. The highest BCUT2D eigenvalue weighted by atomic mass is 32.2. The van der Waals surface area contributed by atoms with Crippen molar-refractivity contribution in [2.24, 2.45) is 5.92 Å². The topological polar surface area (TPSA) is 125 Å². The zero-order valence-corrected chi connectivity index (χ0v) is 22.3. The molecule has 35 heavy (non-hydrogen) atoms. The number of amides is 3. The monoisotopic (exact) mass is 513 g/mol. The minimum atomic E-state index is -4.44. The summed E-state index contributed by atoms with van der Waals surface area (Å²) in [6.45, 7) is 9.54. The number of sulfonamides is 1. The third-order valence-corrected chi connectivity index (χ3v) is 7.34. The summed E-state index contributed by atoms with van der Waals surface area (Å²) in [5.41, 5.74) is -0.890. The fourth-order valence-electron chi connectivity index (χ4n) is 3.66. The van der Waals surface area contributed by atoms with E-state index in [1.807, 2.05) is 13.8 Å². The second kappa shape index (κ2) is 12.0. The fourth-order valence-corrected chi connectivity index (χ4v) is 5.27. The van der Waals surface area contributed by atoms with Gasteiger partial charge in [-0.05, 0) is 76.8 Å². The first-order valence-electron chi connectivity index (χ1n) is 11.9. The Morgan fingerprint density at radius 2 is 1.83 bits per heavy atom. The molecule has 0 bridgehead atoms. The van der Waals surface area contributed by atoms with Crippen molar-refractivity contribution in [2.75, 3.05) is 26.7 Å². The van der Waals surface area contributed by atoms with E-state index < -0.39 is 39.9 Å². The average molecular weight is 514 g/mol. The highest BCUT2D eigenvalue weighted by molar-refractivity contribution is 7.89. The largest absolute Gasteiger partial charge is 0.497 e. The number of hydrogen-bond donors (Lipinski definition) is 2. The summed E-state index contributed by atoms with van der Waals surface area (Å²) in [6, 6.07) is 3.52. The van der Waals surface area contributed by atoms with Crippen LogP contribution in [0.4, 0.5) is 9.59 Å². The lowest BCUT2D eigenvalue weighted by molar-refractivity contribution is 0.0265. The lowest BCUT2D eigenvalue weighted by Crippen LogP contribution is -2.57. The maximum atomic E-state index is 13.9. The first kappa shape index (κ1) is 28.9. The standard InChI is InChI=1S/C24H39N3O7S/c1-17(2)13-15-26(23(30)34-24(3,4)5)22(29)27(20-8-7-14-25-16-21(20)28)35(31,32)19-11-9-18(33-6)10-12-19/h9-12,17,20-21,25,28H,7-8,13-16H2,1-6H3/t20?,21-/m0/s1. The summed E-state index contributed by atoms with van der Waals surface area (Å²) in [5.74, 6) is 0.597. The number of aliphatic hydroxyl groups excluding tert-OH is 1. The number of carbonyl (C=O) groups is 2. The van der Waals surface area contributed by atoms with Crippen molar-refractivity contribution in [1.82, 2.24) is 14.5 Å². The number of nitrogens with zero attached hydrogens (tertiary/aromatic N) is 2. The van der Waals surface area contributed by atoms with Gasteiger partial charge in [-0.3, -0.25) is 0 Å². The van der Waals surface area contributed by atoms with E-state index in [2.05, 4.69) is 5.32 Å². The normalized spacial score (nSPS) is 19.1. The van der Waals surface area contributed by atoms with Gasteiger partial charge in [-0.1, -0.05) is 13.8 Å². The van der Waals surface area contributed by atoms with Gasteiger partial charge in [-0.15, -0.1) is 0 Å². The Bertz CT molecular complexity index is 958. The van der Waals surface area contributed by atoms with E-state index in [0.717, 1.165) is 4.90 Å². The van der Waals surface area contributed by atoms with E-state index in [1.54, 1.807) is 20.8 Å². The molecule has 0 aliphatic carbocycles. The molecule has 0 saturated carbocycles. The van der Waals surface area contributed by atoms with Crippen molar-refractivity contribution >= 4 is 22.1 Å². The molecule has 1 heterocycles. The molecule has 11 heteroatoms.